The molecular formula is C15H18O5. The fourth-order valence-electron chi connectivity index (χ4n) is 1.59. The molecule has 5 nitrogen and oxygen atoms in total. The summed E-state index contributed by atoms with van der Waals surface area (Å²) in [5, 5.41) is 8.65. The Bertz CT molecular complexity index is 517. The molecule has 1 aromatic carbocycles. The fraction of sp³-hybridized carbons (Fsp3) is 0.333. The van der Waals surface area contributed by atoms with Crippen molar-refractivity contribution in [1.29, 1.82) is 0 Å². The van der Waals surface area contributed by atoms with E-state index in [1.165, 1.54) is 6.08 Å². The third kappa shape index (κ3) is 5.14. The number of carbonyl (C=O) groups excluding carboxylic acids is 1. The first-order valence-corrected chi connectivity index (χ1v) is 6.23. The van der Waals surface area contributed by atoms with Gasteiger partial charge in [0.1, 0.15) is 5.75 Å². The number of hydrogen-bond donors (Lipinski definition) is 1. The lowest BCUT2D eigenvalue weighted by Crippen LogP contribution is -2.19. The summed E-state index contributed by atoms with van der Waals surface area (Å²) in [6, 6.07) is 5.33. The summed E-state index contributed by atoms with van der Waals surface area (Å²) in [4.78, 5) is 22.0. The van der Waals surface area contributed by atoms with Gasteiger partial charge in [0.25, 0.3) is 0 Å². The Balaban J connectivity index is 2.83. The monoisotopic (exact) mass is 278 g/mol. The number of esters is 1. The maximum atomic E-state index is 11.5. The minimum absolute atomic E-state index is 0.200. The number of aryl methyl sites for hydroxylation is 1. The highest BCUT2D eigenvalue weighted by atomic mass is 16.6. The van der Waals surface area contributed by atoms with Crippen LogP contribution in [0.5, 0.6) is 5.75 Å². The molecule has 0 aromatic heterocycles. The number of carboxylic acid groups (broad SMARTS) is 1. The van der Waals surface area contributed by atoms with Crippen molar-refractivity contribution in [2.45, 2.75) is 26.9 Å². The minimum atomic E-state index is -1.04. The SMILES string of the molecule is Cc1cccc(/C=C/C(=O)O)c1OCC(=O)OC(C)C. The van der Waals surface area contributed by atoms with Gasteiger partial charge in [-0.15, -0.1) is 0 Å². The molecule has 0 heterocycles. The molecule has 1 aromatic rings. The van der Waals surface area contributed by atoms with Crippen LogP contribution in [0.1, 0.15) is 25.0 Å². The molecule has 0 saturated carbocycles. The zero-order chi connectivity index (χ0) is 15.1. The summed E-state index contributed by atoms with van der Waals surface area (Å²) in [5.74, 6) is -1.03. The van der Waals surface area contributed by atoms with Crippen LogP contribution in [0, 0.1) is 6.92 Å². The molecule has 0 aliphatic carbocycles. The molecule has 20 heavy (non-hydrogen) atoms. The Labute approximate surface area is 117 Å². The standard InChI is InChI=1S/C15H18O5/c1-10(2)20-14(18)9-19-15-11(3)5-4-6-12(15)7-8-13(16)17/h4-8,10H,9H2,1-3H3,(H,16,17)/b8-7+. The van der Waals surface area contributed by atoms with Gasteiger partial charge in [0.15, 0.2) is 6.61 Å². The summed E-state index contributed by atoms with van der Waals surface area (Å²) >= 11 is 0. The average Bonchev–Trinajstić information content (AvgIpc) is 2.34. The van der Waals surface area contributed by atoms with Crippen molar-refractivity contribution in [2.24, 2.45) is 0 Å². The van der Waals surface area contributed by atoms with Gasteiger partial charge in [-0.3, -0.25) is 0 Å². The van der Waals surface area contributed by atoms with Crippen LogP contribution in [0.3, 0.4) is 0 Å². The first kappa shape index (κ1) is 15.8. The highest BCUT2D eigenvalue weighted by molar-refractivity contribution is 5.86. The first-order chi connectivity index (χ1) is 9.40. The number of hydrogen-bond acceptors (Lipinski definition) is 4. The Morgan fingerprint density at radius 1 is 1.35 bits per heavy atom. The maximum absolute atomic E-state index is 11.5. The predicted octanol–water partition coefficient (Wildman–Crippen LogP) is 2.42. The number of para-hydroxylation sites is 1. The van der Waals surface area contributed by atoms with Gasteiger partial charge < -0.3 is 14.6 Å². The molecule has 0 atom stereocenters. The largest absolute Gasteiger partial charge is 0.481 e. The lowest BCUT2D eigenvalue weighted by atomic mass is 10.1. The predicted molar refractivity (Wildman–Crippen MR) is 74.6 cm³/mol. The van der Waals surface area contributed by atoms with E-state index >= 15 is 0 Å². The van der Waals surface area contributed by atoms with Crippen molar-refractivity contribution in [1.82, 2.24) is 0 Å². The number of rotatable bonds is 6. The average molecular weight is 278 g/mol. The second-order valence-corrected chi connectivity index (χ2v) is 4.49. The summed E-state index contributed by atoms with van der Waals surface area (Å²) < 4.78 is 10.4. The summed E-state index contributed by atoms with van der Waals surface area (Å²) in [7, 11) is 0. The molecule has 0 amide bonds. The third-order valence-corrected chi connectivity index (χ3v) is 2.35. The van der Waals surface area contributed by atoms with Crippen LogP contribution >= 0.6 is 0 Å². The van der Waals surface area contributed by atoms with E-state index < -0.39 is 11.9 Å². The van der Waals surface area contributed by atoms with Crippen LogP contribution < -0.4 is 4.74 Å². The molecular weight excluding hydrogens is 260 g/mol. The van der Waals surface area contributed by atoms with Gasteiger partial charge in [-0.2, -0.15) is 0 Å². The first-order valence-electron chi connectivity index (χ1n) is 6.23. The van der Waals surface area contributed by atoms with Gasteiger partial charge in [0.05, 0.1) is 6.10 Å². The molecule has 0 aliphatic rings. The molecule has 0 saturated heterocycles. The van der Waals surface area contributed by atoms with Gasteiger partial charge in [-0.05, 0) is 32.4 Å². The lowest BCUT2D eigenvalue weighted by molar-refractivity contribution is -0.149. The molecule has 0 fully saturated rings. The fourth-order valence-corrected chi connectivity index (χ4v) is 1.59. The van der Waals surface area contributed by atoms with Crippen LogP contribution in [0.25, 0.3) is 6.08 Å². The van der Waals surface area contributed by atoms with Gasteiger partial charge in [-0.25, -0.2) is 9.59 Å². The summed E-state index contributed by atoms with van der Waals surface area (Å²) in [5.41, 5.74) is 1.42. The smallest absolute Gasteiger partial charge is 0.344 e. The number of aliphatic carboxylic acids is 1. The second kappa shape index (κ2) is 7.33. The summed E-state index contributed by atoms with van der Waals surface area (Å²) in [6.07, 6.45) is 2.25. The minimum Gasteiger partial charge on any atom is -0.481 e. The van der Waals surface area contributed by atoms with E-state index in [9.17, 15) is 9.59 Å². The van der Waals surface area contributed by atoms with E-state index in [1.54, 1.807) is 26.0 Å². The van der Waals surface area contributed by atoms with E-state index in [1.807, 2.05) is 13.0 Å². The molecule has 1 N–H and O–H groups in total. The maximum Gasteiger partial charge on any atom is 0.344 e. The molecule has 0 bridgehead atoms. The molecule has 108 valence electrons. The van der Waals surface area contributed by atoms with E-state index in [-0.39, 0.29) is 12.7 Å². The molecule has 0 radical (unpaired) electrons. The van der Waals surface area contributed by atoms with Crippen molar-refractivity contribution >= 4 is 18.0 Å². The zero-order valence-corrected chi connectivity index (χ0v) is 11.8. The molecule has 0 unspecified atom stereocenters. The molecule has 0 aliphatic heterocycles. The molecule has 5 heteroatoms. The number of ether oxygens (including phenoxy) is 2. The van der Waals surface area contributed by atoms with Crippen molar-refractivity contribution in [3.05, 3.63) is 35.4 Å². The van der Waals surface area contributed by atoms with E-state index in [0.717, 1.165) is 11.6 Å². The van der Waals surface area contributed by atoms with Crippen LogP contribution in [-0.4, -0.2) is 29.8 Å². The Kier molecular flexibility index (Phi) is 5.77. The Hall–Kier alpha value is -2.30. The van der Waals surface area contributed by atoms with E-state index in [4.69, 9.17) is 14.6 Å². The molecule has 1 rings (SSSR count). The van der Waals surface area contributed by atoms with Crippen molar-refractivity contribution in [2.75, 3.05) is 6.61 Å². The van der Waals surface area contributed by atoms with Gasteiger partial charge in [0, 0.05) is 11.6 Å². The highest BCUT2D eigenvalue weighted by Gasteiger charge is 2.10. The van der Waals surface area contributed by atoms with Crippen LogP contribution in [0.2, 0.25) is 0 Å². The lowest BCUT2D eigenvalue weighted by Gasteiger charge is -2.13. The number of carboxylic acids is 1. The van der Waals surface area contributed by atoms with Crippen molar-refractivity contribution < 1.29 is 24.2 Å². The van der Waals surface area contributed by atoms with Crippen LogP contribution in [0.4, 0.5) is 0 Å². The Morgan fingerprint density at radius 2 is 2.05 bits per heavy atom. The third-order valence-electron chi connectivity index (χ3n) is 2.35. The van der Waals surface area contributed by atoms with Gasteiger partial charge >= 0.3 is 11.9 Å². The Morgan fingerprint density at radius 3 is 2.65 bits per heavy atom. The van der Waals surface area contributed by atoms with Crippen LogP contribution in [0.15, 0.2) is 24.3 Å². The highest BCUT2D eigenvalue weighted by Crippen LogP contribution is 2.24. The quantitative estimate of drug-likeness (QED) is 0.639. The zero-order valence-electron chi connectivity index (χ0n) is 11.8. The number of carbonyl (C=O) groups is 2. The second-order valence-electron chi connectivity index (χ2n) is 4.49. The number of benzene rings is 1. The van der Waals surface area contributed by atoms with Crippen molar-refractivity contribution in [3.63, 3.8) is 0 Å². The van der Waals surface area contributed by atoms with E-state index in [2.05, 4.69) is 0 Å². The topological polar surface area (TPSA) is 72.8 Å². The van der Waals surface area contributed by atoms with Crippen LogP contribution in [-0.2, 0) is 14.3 Å². The van der Waals surface area contributed by atoms with Crippen molar-refractivity contribution in [3.8, 4) is 5.75 Å². The van der Waals surface area contributed by atoms with E-state index in [0.29, 0.717) is 11.3 Å². The summed E-state index contributed by atoms with van der Waals surface area (Å²) in [6.45, 7) is 5.12. The van der Waals surface area contributed by atoms with Gasteiger partial charge in [-0.1, -0.05) is 18.2 Å². The molecule has 0 spiro atoms. The van der Waals surface area contributed by atoms with Gasteiger partial charge in [0.2, 0.25) is 0 Å². The normalized spacial score (nSPS) is 10.8.